The summed E-state index contributed by atoms with van der Waals surface area (Å²) in [5.41, 5.74) is 2.68. The fraction of sp³-hybridized carbons (Fsp3) is 0.0800. The highest BCUT2D eigenvalue weighted by molar-refractivity contribution is 14.1. The van der Waals surface area contributed by atoms with E-state index in [1.165, 1.54) is 30.3 Å². The molecule has 1 heterocycles. The number of ether oxygens (including phenoxy) is 1. The van der Waals surface area contributed by atoms with Crippen LogP contribution in [0.4, 0.5) is 10.5 Å². The van der Waals surface area contributed by atoms with Gasteiger partial charge in [-0.2, -0.15) is 0 Å². The number of hydrogen-bond donors (Lipinski definition) is 2. The summed E-state index contributed by atoms with van der Waals surface area (Å²) in [4.78, 5) is 38.8. The Morgan fingerprint density at radius 1 is 1.09 bits per heavy atom. The van der Waals surface area contributed by atoms with Gasteiger partial charge in [-0.15, -0.1) is 0 Å². The number of anilines is 1. The van der Waals surface area contributed by atoms with Crippen molar-refractivity contribution in [3.63, 3.8) is 0 Å². The fourth-order valence-corrected chi connectivity index (χ4v) is 4.80. The van der Waals surface area contributed by atoms with Crippen molar-refractivity contribution < 1.29 is 24.2 Å². The molecule has 0 atom stereocenters. The quantitative estimate of drug-likeness (QED) is 0.234. The summed E-state index contributed by atoms with van der Waals surface area (Å²) < 4.78 is 7.50. The number of urea groups is 1. The van der Waals surface area contributed by atoms with Crippen LogP contribution in [0.2, 0.25) is 0 Å². The van der Waals surface area contributed by atoms with Gasteiger partial charge >= 0.3 is 6.03 Å². The molecule has 0 unspecified atom stereocenters. The molecule has 4 amide bonds. The van der Waals surface area contributed by atoms with Gasteiger partial charge in [0.25, 0.3) is 11.8 Å². The third-order valence-corrected chi connectivity index (χ3v) is 6.98. The molecule has 1 saturated heterocycles. The van der Waals surface area contributed by atoms with E-state index in [9.17, 15) is 19.5 Å². The van der Waals surface area contributed by atoms with Crippen LogP contribution in [0.25, 0.3) is 6.08 Å². The molecule has 0 bridgehead atoms. The lowest BCUT2D eigenvalue weighted by molar-refractivity contribution is -0.122. The number of phenolic OH excluding ortho intramolecular Hbond substituents is 1. The Morgan fingerprint density at radius 2 is 1.79 bits per heavy atom. The molecule has 4 rings (SSSR count). The maximum Gasteiger partial charge on any atom is 0.335 e. The molecule has 9 heteroatoms. The van der Waals surface area contributed by atoms with Gasteiger partial charge in [0.15, 0.2) is 0 Å². The van der Waals surface area contributed by atoms with Gasteiger partial charge in [-0.1, -0.05) is 34.1 Å². The molecular weight excluding hydrogens is 615 g/mol. The number of methoxy groups -OCH3 is 1. The molecule has 1 aliphatic heterocycles. The minimum Gasteiger partial charge on any atom is -0.508 e. The van der Waals surface area contributed by atoms with Crippen LogP contribution in [0.5, 0.6) is 11.5 Å². The van der Waals surface area contributed by atoms with Gasteiger partial charge in [-0.25, -0.2) is 9.69 Å². The number of imide groups is 2. The highest BCUT2D eigenvalue weighted by atomic mass is 127. The zero-order valence-electron chi connectivity index (χ0n) is 17.8. The highest BCUT2D eigenvalue weighted by Gasteiger charge is 2.36. The first-order valence-electron chi connectivity index (χ1n) is 10.1. The van der Waals surface area contributed by atoms with Crippen molar-refractivity contribution in [2.75, 3.05) is 12.0 Å². The third-order valence-electron chi connectivity index (χ3n) is 5.24. The third kappa shape index (κ3) is 4.85. The Bertz CT molecular complexity index is 1340. The average Bonchev–Trinajstić information content (AvgIpc) is 2.80. The van der Waals surface area contributed by atoms with Crippen molar-refractivity contribution in [3.05, 3.63) is 91.0 Å². The van der Waals surface area contributed by atoms with Crippen LogP contribution < -0.4 is 15.0 Å². The topological polar surface area (TPSA) is 95.9 Å². The molecule has 0 saturated carbocycles. The van der Waals surface area contributed by atoms with Crippen LogP contribution in [0, 0.1) is 3.57 Å². The zero-order chi connectivity index (χ0) is 24.4. The van der Waals surface area contributed by atoms with Crippen LogP contribution in [0.15, 0.2) is 70.7 Å². The van der Waals surface area contributed by atoms with E-state index < -0.39 is 17.8 Å². The smallest absolute Gasteiger partial charge is 0.335 e. The lowest BCUT2D eigenvalue weighted by Gasteiger charge is -2.26. The van der Waals surface area contributed by atoms with E-state index in [1.54, 1.807) is 13.2 Å². The molecular formula is C25H18BrIN2O5. The molecule has 0 radical (unpaired) electrons. The number of halogens is 2. The van der Waals surface area contributed by atoms with Crippen LogP contribution in [-0.4, -0.2) is 30.1 Å². The number of barbiturate groups is 1. The molecule has 7 nitrogen and oxygen atoms in total. The first kappa shape index (κ1) is 24.0. The second-order valence-electron chi connectivity index (χ2n) is 7.43. The van der Waals surface area contributed by atoms with Crippen molar-refractivity contribution in [3.8, 4) is 11.5 Å². The number of rotatable bonds is 5. The first-order valence-corrected chi connectivity index (χ1v) is 12.0. The number of aromatic hydroxyl groups is 1. The molecule has 2 N–H and O–H groups in total. The summed E-state index contributed by atoms with van der Waals surface area (Å²) in [7, 11) is 1.57. The van der Waals surface area contributed by atoms with Crippen LogP contribution >= 0.6 is 38.5 Å². The van der Waals surface area contributed by atoms with Crippen molar-refractivity contribution in [1.29, 1.82) is 0 Å². The summed E-state index contributed by atoms with van der Waals surface area (Å²) in [5, 5.41) is 11.7. The Hall–Kier alpha value is -3.18. The van der Waals surface area contributed by atoms with Crippen molar-refractivity contribution in [2.45, 2.75) is 6.42 Å². The minimum absolute atomic E-state index is 0.00949. The molecule has 0 spiro atoms. The number of nitrogens with one attached hydrogen (secondary N) is 1. The largest absolute Gasteiger partial charge is 0.508 e. The van der Waals surface area contributed by atoms with Gasteiger partial charge < -0.3 is 9.84 Å². The summed E-state index contributed by atoms with van der Waals surface area (Å²) in [6.45, 7) is 0. The Kier molecular flexibility index (Phi) is 7.03. The van der Waals surface area contributed by atoms with Crippen molar-refractivity contribution in [2.24, 2.45) is 0 Å². The number of carbonyl (C=O) groups excluding carboxylic acids is 3. The zero-order valence-corrected chi connectivity index (χ0v) is 21.6. The van der Waals surface area contributed by atoms with Gasteiger partial charge in [-0.05, 0) is 82.3 Å². The lowest BCUT2D eigenvalue weighted by atomic mass is 10.0. The summed E-state index contributed by atoms with van der Waals surface area (Å²) in [6, 6.07) is 16.2. The number of nitrogens with zero attached hydrogens (tertiary/aromatic N) is 1. The van der Waals surface area contributed by atoms with E-state index in [0.717, 1.165) is 24.1 Å². The monoisotopic (exact) mass is 632 g/mol. The van der Waals surface area contributed by atoms with E-state index >= 15 is 0 Å². The standard InChI is InChI=1S/C25H18BrIN2O5/c1-34-22-12-14(11-21(27)18(22)13-15-4-2-3-5-20(15)26)10-19-23(31)28-25(33)29(24(19)32)16-6-8-17(30)9-7-16/h2-12,30H,13H2,1H3,(H,28,31,33)/b19-10+. The van der Waals surface area contributed by atoms with Crippen LogP contribution in [0.3, 0.4) is 0 Å². The molecule has 0 aliphatic carbocycles. The van der Waals surface area contributed by atoms with Crippen molar-refractivity contribution in [1.82, 2.24) is 5.32 Å². The normalized spacial score (nSPS) is 15.0. The number of amides is 4. The van der Waals surface area contributed by atoms with Gasteiger partial charge in [0.1, 0.15) is 17.1 Å². The molecule has 1 fully saturated rings. The predicted octanol–water partition coefficient (Wildman–Crippen LogP) is 5.03. The first-order chi connectivity index (χ1) is 16.3. The molecule has 1 aliphatic rings. The predicted molar refractivity (Wildman–Crippen MR) is 140 cm³/mol. The summed E-state index contributed by atoms with van der Waals surface area (Å²) in [6.07, 6.45) is 2.06. The van der Waals surface area contributed by atoms with Gasteiger partial charge in [0.2, 0.25) is 0 Å². The van der Waals surface area contributed by atoms with Crippen LogP contribution in [0.1, 0.15) is 16.7 Å². The number of hydrogen-bond acceptors (Lipinski definition) is 5. The molecule has 3 aromatic carbocycles. The average molecular weight is 633 g/mol. The summed E-state index contributed by atoms with van der Waals surface area (Å²) >= 11 is 5.77. The maximum atomic E-state index is 13.1. The van der Waals surface area contributed by atoms with Crippen molar-refractivity contribution >= 4 is 68.1 Å². The van der Waals surface area contributed by atoms with Crippen LogP contribution in [-0.2, 0) is 16.0 Å². The SMILES string of the molecule is COc1cc(/C=C2\C(=O)NC(=O)N(c3ccc(O)cc3)C2=O)cc(I)c1Cc1ccccc1Br. The van der Waals surface area contributed by atoms with Gasteiger partial charge in [0, 0.05) is 20.0 Å². The number of carbonyl (C=O) groups is 3. The fourth-order valence-electron chi connectivity index (χ4n) is 3.56. The number of benzene rings is 3. The van der Waals surface area contributed by atoms with E-state index in [0.29, 0.717) is 17.7 Å². The Balaban J connectivity index is 1.71. The van der Waals surface area contributed by atoms with Gasteiger partial charge in [0.05, 0.1) is 12.8 Å². The maximum absolute atomic E-state index is 13.1. The molecule has 0 aromatic heterocycles. The lowest BCUT2D eigenvalue weighted by Crippen LogP contribution is -2.54. The number of phenols is 1. The minimum atomic E-state index is -0.853. The Morgan fingerprint density at radius 3 is 2.47 bits per heavy atom. The second-order valence-corrected chi connectivity index (χ2v) is 9.44. The highest BCUT2D eigenvalue weighted by Crippen LogP contribution is 2.32. The molecule has 34 heavy (non-hydrogen) atoms. The van der Waals surface area contributed by atoms with E-state index in [1.807, 2.05) is 30.3 Å². The molecule has 3 aromatic rings. The van der Waals surface area contributed by atoms with E-state index in [2.05, 4.69) is 43.8 Å². The summed E-state index contributed by atoms with van der Waals surface area (Å²) in [5.74, 6) is -0.934. The van der Waals surface area contributed by atoms with E-state index in [4.69, 9.17) is 4.74 Å². The van der Waals surface area contributed by atoms with E-state index in [-0.39, 0.29) is 17.0 Å². The Labute approximate surface area is 217 Å². The molecule has 172 valence electrons. The van der Waals surface area contributed by atoms with Gasteiger partial charge in [-0.3, -0.25) is 14.9 Å². The second kappa shape index (κ2) is 9.98.